The zero-order valence-corrected chi connectivity index (χ0v) is 10.4. The van der Waals surface area contributed by atoms with Gasteiger partial charge in [0, 0.05) is 18.7 Å². The predicted molar refractivity (Wildman–Crippen MR) is 65.1 cm³/mol. The molecule has 0 amide bonds. The zero-order chi connectivity index (χ0) is 11.1. The number of hydrogen-bond donors (Lipinski definition) is 1. The highest BCUT2D eigenvalue weighted by atomic mass is 16.5. The van der Waals surface area contributed by atoms with Crippen LogP contribution in [0.2, 0.25) is 0 Å². The quantitative estimate of drug-likeness (QED) is 0.682. The molecule has 1 aliphatic carbocycles. The molecule has 0 aliphatic heterocycles. The smallest absolute Gasteiger partial charge is 0.0613 e. The first kappa shape index (κ1) is 12.7. The Morgan fingerprint density at radius 2 is 2.07 bits per heavy atom. The van der Waals surface area contributed by atoms with E-state index in [1.165, 1.54) is 25.7 Å². The van der Waals surface area contributed by atoms with Gasteiger partial charge in [-0.3, -0.25) is 0 Å². The summed E-state index contributed by atoms with van der Waals surface area (Å²) in [6, 6.07) is 0.457. The summed E-state index contributed by atoms with van der Waals surface area (Å²) in [5, 5.41) is 3.75. The molecule has 1 aliphatic rings. The minimum atomic E-state index is 0.352. The third-order valence-electron chi connectivity index (χ3n) is 3.27. The fraction of sp³-hybridized carbons (Fsp3) is 0.846. The zero-order valence-electron chi connectivity index (χ0n) is 10.4. The summed E-state index contributed by atoms with van der Waals surface area (Å²) >= 11 is 0. The molecule has 0 aromatic heterocycles. The number of methoxy groups -OCH3 is 1. The van der Waals surface area contributed by atoms with Gasteiger partial charge in [0.25, 0.3) is 0 Å². The number of nitrogens with one attached hydrogen (secondary N) is 1. The van der Waals surface area contributed by atoms with Gasteiger partial charge in [-0.1, -0.05) is 25.0 Å². The highest BCUT2D eigenvalue weighted by Crippen LogP contribution is 2.33. The summed E-state index contributed by atoms with van der Waals surface area (Å²) in [4.78, 5) is 0. The van der Waals surface area contributed by atoms with Crippen molar-refractivity contribution in [3.8, 4) is 0 Å². The molecule has 1 saturated carbocycles. The Kier molecular flexibility index (Phi) is 5.34. The van der Waals surface area contributed by atoms with E-state index >= 15 is 0 Å². The molecule has 0 bridgehead atoms. The lowest BCUT2D eigenvalue weighted by molar-refractivity contribution is 0.151. The molecule has 1 atom stereocenters. The summed E-state index contributed by atoms with van der Waals surface area (Å²) < 4.78 is 5.18. The Hall–Kier alpha value is -0.340. The third kappa shape index (κ3) is 3.96. The van der Waals surface area contributed by atoms with Crippen molar-refractivity contribution in [2.45, 2.75) is 57.5 Å². The highest BCUT2D eigenvalue weighted by molar-refractivity contribution is 5.00. The van der Waals surface area contributed by atoms with Crippen LogP contribution in [0.15, 0.2) is 12.2 Å². The van der Waals surface area contributed by atoms with Crippen LogP contribution in [0.3, 0.4) is 0 Å². The van der Waals surface area contributed by atoms with Crippen molar-refractivity contribution in [2.24, 2.45) is 0 Å². The standard InChI is InChI=1S/C13H25NO/c1-4-5-8-13(9-6-7-10-13)14-12(2)11-15-3/h4-5,12,14H,6-11H2,1-3H3/b5-4-/t12-/m0/s1. The third-order valence-corrected chi connectivity index (χ3v) is 3.27. The summed E-state index contributed by atoms with van der Waals surface area (Å²) in [7, 11) is 1.77. The molecule has 1 N–H and O–H groups in total. The van der Waals surface area contributed by atoms with Crippen molar-refractivity contribution in [3.05, 3.63) is 12.2 Å². The van der Waals surface area contributed by atoms with Gasteiger partial charge >= 0.3 is 0 Å². The van der Waals surface area contributed by atoms with Crippen molar-refractivity contribution in [3.63, 3.8) is 0 Å². The Labute approximate surface area is 94.1 Å². The van der Waals surface area contributed by atoms with Gasteiger partial charge in [0.1, 0.15) is 0 Å². The van der Waals surface area contributed by atoms with E-state index in [1.54, 1.807) is 7.11 Å². The number of allylic oxidation sites excluding steroid dienone is 1. The molecule has 1 fully saturated rings. The Balaban J connectivity index is 2.48. The van der Waals surface area contributed by atoms with Crippen LogP contribution >= 0.6 is 0 Å². The van der Waals surface area contributed by atoms with Gasteiger partial charge in [0.2, 0.25) is 0 Å². The molecule has 0 saturated heterocycles. The molecule has 88 valence electrons. The molecule has 0 spiro atoms. The second-order valence-corrected chi connectivity index (χ2v) is 4.76. The average molecular weight is 211 g/mol. The van der Waals surface area contributed by atoms with E-state index in [1.807, 2.05) is 0 Å². The van der Waals surface area contributed by atoms with E-state index in [2.05, 4.69) is 31.3 Å². The van der Waals surface area contributed by atoms with Crippen LogP contribution in [0.25, 0.3) is 0 Å². The second-order valence-electron chi connectivity index (χ2n) is 4.76. The van der Waals surface area contributed by atoms with Gasteiger partial charge < -0.3 is 10.1 Å². The van der Waals surface area contributed by atoms with Crippen LogP contribution in [0.1, 0.15) is 46.0 Å². The predicted octanol–water partition coefficient (Wildman–Crippen LogP) is 2.89. The van der Waals surface area contributed by atoms with Gasteiger partial charge in [-0.25, -0.2) is 0 Å². The van der Waals surface area contributed by atoms with Gasteiger partial charge in [-0.05, 0) is 33.1 Å². The lowest BCUT2D eigenvalue weighted by Crippen LogP contribution is -2.48. The summed E-state index contributed by atoms with van der Waals surface area (Å²) in [5.74, 6) is 0. The lowest BCUT2D eigenvalue weighted by atomic mass is 9.92. The lowest BCUT2D eigenvalue weighted by Gasteiger charge is -2.32. The van der Waals surface area contributed by atoms with E-state index in [-0.39, 0.29) is 0 Å². The first-order valence-corrected chi connectivity index (χ1v) is 6.10. The van der Waals surface area contributed by atoms with Gasteiger partial charge in [0.15, 0.2) is 0 Å². The molecule has 0 radical (unpaired) electrons. The summed E-state index contributed by atoms with van der Waals surface area (Å²) in [6.07, 6.45) is 11.0. The largest absolute Gasteiger partial charge is 0.383 e. The number of hydrogen-bond acceptors (Lipinski definition) is 2. The van der Waals surface area contributed by atoms with Crippen LogP contribution in [-0.2, 0) is 4.74 Å². The molecule has 0 aromatic carbocycles. The van der Waals surface area contributed by atoms with Crippen molar-refractivity contribution in [1.29, 1.82) is 0 Å². The van der Waals surface area contributed by atoms with E-state index in [4.69, 9.17) is 4.74 Å². The molecule has 1 rings (SSSR count). The minimum Gasteiger partial charge on any atom is -0.383 e. The molecule has 0 aromatic rings. The van der Waals surface area contributed by atoms with Crippen LogP contribution in [0, 0.1) is 0 Å². The first-order chi connectivity index (χ1) is 7.22. The fourth-order valence-electron chi connectivity index (χ4n) is 2.62. The second kappa shape index (κ2) is 6.29. The summed E-state index contributed by atoms with van der Waals surface area (Å²) in [6.45, 7) is 5.11. The van der Waals surface area contributed by atoms with E-state index in [9.17, 15) is 0 Å². The van der Waals surface area contributed by atoms with Gasteiger partial charge in [-0.2, -0.15) is 0 Å². The number of ether oxygens (including phenoxy) is 1. The van der Waals surface area contributed by atoms with Gasteiger partial charge in [-0.15, -0.1) is 0 Å². The molecule has 2 nitrogen and oxygen atoms in total. The number of rotatable bonds is 6. The minimum absolute atomic E-state index is 0.352. The van der Waals surface area contributed by atoms with E-state index in [0.29, 0.717) is 11.6 Å². The Morgan fingerprint density at radius 3 is 2.60 bits per heavy atom. The van der Waals surface area contributed by atoms with Crippen LogP contribution in [-0.4, -0.2) is 25.3 Å². The molecule has 0 unspecified atom stereocenters. The maximum Gasteiger partial charge on any atom is 0.0613 e. The van der Waals surface area contributed by atoms with Crippen LogP contribution in [0.5, 0.6) is 0 Å². The maximum atomic E-state index is 5.18. The van der Waals surface area contributed by atoms with E-state index < -0.39 is 0 Å². The van der Waals surface area contributed by atoms with Crippen molar-refractivity contribution in [1.82, 2.24) is 5.32 Å². The summed E-state index contributed by atoms with van der Waals surface area (Å²) in [5.41, 5.74) is 0.352. The molecular formula is C13H25NO. The van der Waals surface area contributed by atoms with Crippen molar-refractivity contribution >= 4 is 0 Å². The normalized spacial score (nSPS) is 22.3. The molecule has 0 heterocycles. The first-order valence-electron chi connectivity index (χ1n) is 6.10. The molecular weight excluding hydrogens is 186 g/mol. The van der Waals surface area contributed by atoms with Crippen molar-refractivity contribution < 1.29 is 4.74 Å². The highest BCUT2D eigenvalue weighted by Gasteiger charge is 2.33. The topological polar surface area (TPSA) is 21.3 Å². The SMILES string of the molecule is C/C=C\CC1(N[C@@H](C)COC)CCCC1. The van der Waals surface area contributed by atoms with Crippen LogP contribution in [0.4, 0.5) is 0 Å². The Bertz CT molecular complexity index is 195. The van der Waals surface area contributed by atoms with E-state index in [0.717, 1.165) is 13.0 Å². The monoisotopic (exact) mass is 211 g/mol. The maximum absolute atomic E-state index is 5.18. The van der Waals surface area contributed by atoms with Gasteiger partial charge in [0.05, 0.1) is 6.61 Å². The average Bonchev–Trinajstić information content (AvgIpc) is 2.64. The molecule has 2 heteroatoms. The van der Waals surface area contributed by atoms with Crippen molar-refractivity contribution in [2.75, 3.05) is 13.7 Å². The van der Waals surface area contributed by atoms with Crippen LogP contribution < -0.4 is 5.32 Å². The fourth-order valence-corrected chi connectivity index (χ4v) is 2.62. The molecule has 15 heavy (non-hydrogen) atoms. The Morgan fingerprint density at radius 1 is 1.40 bits per heavy atom.